The molecular weight excluding hydrogens is 465 g/mol. The van der Waals surface area contributed by atoms with Crippen molar-refractivity contribution in [2.45, 2.75) is 12.2 Å². The zero-order valence-corrected chi connectivity index (χ0v) is 15.0. The van der Waals surface area contributed by atoms with Crippen LogP contribution in [-0.4, -0.2) is 36.8 Å². The van der Waals surface area contributed by atoms with E-state index < -0.39 is 39.5 Å². The van der Waals surface area contributed by atoms with Crippen molar-refractivity contribution in [2.75, 3.05) is 6.61 Å². The van der Waals surface area contributed by atoms with Crippen LogP contribution in [0.25, 0.3) is 0 Å². The fourth-order valence-corrected chi connectivity index (χ4v) is 1.90. The quantitative estimate of drug-likeness (QED) is 0.204. The first-order chi connectivity index (χ1) is 10.8. The zero-order valence-electron chi connectivity index (χ0n) is 12.0. The molecule has 0 aliphatic carbocycles. The molecule has 132 valence electrons. The standard InChI is InChI=1S/C13H11F2IO7S/c1-7(2)11(17)23-10-5-8(16)3-4-9(10)12(18)22-6-13(14,15)24(19,20)21/h3-5H,1,6H2,2H3,(H,19,20,21)/p-1. The van der Waals surface area contributed by atoms with Crippen molar-refractivity contribution in [3.05, 3.63) is 39.5 Å². The summed E-state index contributed by atoms with van der Waals surface area (Å²) in [4.78, 5) is 23.4. The third-order valence-corrected chi connectivity index (χ3v) is 3.97. The van der Waals surface area contributed by atoms with E-state index in [1.807, 2.05) is 22.6 Å². The van der Waals surface area contributed by atoms with Gasteiger partial charge in [-0.15, -0.1) is 0 Å². The molecule has 0 spiro atoms. The molecule has 0 atom stereocenters. The molecule has 0 aliphatic heterocycles. The van der Waals surface area contributed by atoms with Gasteiger partial charge in [0, 0.05) is 9.14 Å². The van der Waals surface area contributed by atoms with Crippen molar-refractivity contribution in [1.29, 1.82) is 0 Å². The molecule has 0 aromatic heterocycles. The predicted molar refractivity (Wildman–Crippen MR) is 84.5 cm³/mol. The first-order valence-corrected chi connectivity index (χ1v) is 8.51. The van der Waals surface area contributed by atoms with E-state index in [4.69, 9.17) is 4.74 Å². The van der Waals surface area contributed by atoms with Gasteiger partial charge >= 0.3 is 17.2 Å². The van der Waals surface area contributed by atoms with Crippen molar-refractivity contribution in [2.24, 2.45) is 0 Å². The average molecular weight is 475 g/mol. The van der Waals surface area contributed by atoms with Gasteiger partial charge in [-0.1, -0.05) is 6.58 Å². The second-order valence-electron chi connectivity index (χ2n) is 4.48. The summed E-state index contributed by atoms with van der Waals surface area (Å²) in [6, 6.07) is 3.80. The molecule has 0 amide bonds. The van der Waals surface area contributed by atoms with E-state index in [9.17, 15) is 31.3 Å². The van der Waals surface area contributed by atoms with Crippen molar-refractivity contribution in [3.63, 3.8) is 0 Å². The van der Waals surface area contributed by atoms with Gasteiger partial charge in [-0.3, -0.25) is 0 Å². The number of carbonyl (C=O) groups excluding carboxylic acids is 2. The summed E-state index contributed by atoms with van der Waals surface area (Å²) in [5, 5.41) is -4.78. The van der Waals surface area contributed by atoms with Gasteiger partial charge in [-0.2, -0.15) is 8.78 Å². The number of esters is 2. The van der Waals surface area contributed by atoms with Crippen LogP contribution in [-0.2, 0) is 19.6 Å². The maximum Gasteiger partial charge on any atom is 0.367 e. The lowest BCUT2D eigenvalue weighted by Crippen LogP contribution is -2.34. The smallest absolute Gasteiger partial charge is 0.367 e. The van der Waals surface area contributed by atoms with E-state index in [0.717, 1.165) is 6.07 Å². The van der Waals surface area contributed by atoms with Crippen molar-refractivity contribution in [1.82, 2.24) is 0 Å². The molecule has 1 rings (SSSR count). The van der Waals surface area contributed by atoms with Crippen LogP contribution < -0.4 is 4.74 Å². The number of ether oxygens (including phenoxy) is 2. The van der Waals surface area contributed by atoms with Crippen LogP contribution in [0.1, 0.15) is 17.3 Å². The summed E-state index contributed by atoms with van der Waals surface area (Å²) in [5.41, 5.74) is -0.374. The number of halogens is 3. The van der Waals surface area contributed by atoms with Crippen LogP contribution in [0.15, 0.2) is 30.4 Å². The molecule has 1 aromatic carbocycles. The Morgan fingerprint density at radius 1 is 1.38 bits per heavy atom. The SMILES string of the molecule is C=C(C)C(=O)Oc1cc(I)ccc1C(=O)OCC(F)(F)S(=O)(=O)[O-]. The lowest BCUT2D eigenvalue weighted by Gasteiger charge is -2.19. The third-order valence-electron chi connectivity index (χ3n) is 2.45. The monoisotopic (exact) mass is 475 g/mol. The van der Waals surface area contributed by atoms with Crippen LogP contribution in [0.3, 0.4) is 0 Å². The molecule has 0 N–H and O–H groups in total. The fraction of sp³-hybridized carbons (Fsp3) is 0.231. The number of rotatable bonds is 6. The van der Waals surface area contributed by atoms with Gasteiger partial charge in [0.25, 0.3) is 0 Å². The lowest BCUT2D eigenvalue weighted by molar-refractivity contribution is -0.130. The van der Waals surface area contributed by atoms with Crippen LogP contribution in [0.2, 0.25) is 0 Å². The fourth-order valence-electron chi connectivity index (χ4n) is 1.24. The summed E-state index contributed by atoms with van der Waals surface area (Å²) >= 11 is 1.85. The summed E-state index contributed by atoms with van der Waals surface area (Å²) in [6.07, 6.45) is 0. The highest BCUT2D eigenvalue weighted by molar-refractivity contribution is 14.1. The molecule has 7 nitrogen and oxygen atoms in total. The largest absolute Gasteiger partial charge is 0.743 e. The summed E-state index contributed by atoms with van der Waals surface area (Å²) < 4.78 is 66.7. The Morgan fingerprint density at radius 2 is 1.96 bits per heavy atom. The first kappa shape index (κ1) is 20.4. The summed E-state index contributed by atoms with van der Waals surface area (Å²) in [7, 11) is -5.99. The number of benzene rings is 1. The Labute approximate surface area is 149 Å². The molecule has 1 aromatic rings. The van der Waals surface area contributed by atoms with Gasteiger partial charge < -0.3 is 14.0 Å². The molecule has 0 saturated carbocycles. The van der Waals surface area contributed by atoms with E-state index in [2.05, 4.69) is 11.3 Å². The van der Waals surface area contributed by atoms with Crippen molar-refractivity contribution < 1.29 is 40.8 Å². The maximum absolute atomic E-state index is 13.0. The van der Waals surface area contributed by atoms with Crippen molar-refractivity contribution in [3.8, 4) is 5.75 Å². The number of hydrogen-bond donors (Lipinski definition) is 0. The highest BCUT2D eigenvalue weighted by Crippen LogP contribution is 2.25. The average Bonchev–Trinajstić information content (AvgIpc) is 2.43. The van der Waals surface area contributed by atoms with E-state index >= 15 is 0 Å². The zero-order chi connectivity index (χ0) is 18.7. The topological polar surface area (TPSA) is 110 Å². The molecule has 11 heteroatoms. The second kappa shape index (κ2) is 7.53. The van der Waals surface area contributed by atoms with Crippen LogP contribution in [0.5, 0.6) is 5.75 Å². The number of hydrogen-bond acceptors (Lipinski definition) is 7. The normalized spacial score (nSPS) is 11.7. The molecule has 0 heterocycles. The van der Waals surface area contributed by atoms with Gasteiger partial charge in [0.2, 0.25) is 0 Å². The van der Waals surface area contributed by atoms with Crippen LogP contribution >= 0.6 is 22.6 Å². The molecular formula is C13H10F2IO7S-. The van der Waals surface area contributed by atoms with Gasteiger partial charge in [-0.05, 0) is 47.7 Å². The minimum Gasteiger partial charge on any atom is -0.743 e. The Kier molecular flexibility index (Phi) is 6.41. The molecule has 0 fully saturated rings. The van der Waals surface area contributed by atoms with Crippen LogP contribution in [0.4, 0.5) is 8.78 Å². The number of carbonyl (C=O) groups is 2. The molecule has 0 radical (unpaired) electrons. The summed E-state index contributed by atoms with van der Waals surface area (Å²) in [6.45, 7) is 2.74. The van der Waals surface area contributed by atoms with Gasteiger partial charge in [0.05, 0.1) is 0 Å². The predicted octanol–water partition coefficient (Wildman–Crippen LogP) is 2.07. The Bertz CT molecular complexity index is 790. The van der Waals surface area contributed by atoms with Crippen LogP contribution in [0, 0.1) is 3.57 Å². The number of alkyl halides is 2. The molecule has 24 heavy (non-hydrogen) atoms. The molecule has 0 bridgehead atoms. The lowest BCUT2D eigenvalue weighted by atomic mass is 10.2. The third kappa shape index (κ3) is 5.21. The van der Waals surface area contributed by atoms with E-state index in [1.165, 1.54) is 19.1 Å². The van der Waals surface area contributed by atoms with E-state index in [1.54, 1.807) is 0 Å². The highest BCUT2D eigenvalue weighted by atomic mass is 127. The molecule has 0 saturated heterocycles. The minimum absolute atomic E-state index is 0.0251. The first-order valence-electron chi connectivity index (χ1n) is 6.03. The van der Waals surface area contributed by atoms with Gasteiger partial charge in [0.15, 0.2) is 16.7 Å². The highest BCUT2D eigenvalue weighted by Gasteiger charge is 2.39. The maximum atomic E-state index is 13.0. The van der Waals surface area contributed by atoms with E-state index in [-0.39, 0.29) is 11.3 Å². The minimum atomic E-state index is -5.99. The van der Waals surface area contributed by atoms with E-state index in [0.29, 0.717) is 3.57 Å². The Morgan fingerprint density at radius 3 is 2.46 bits per heavy atom. The second-order valence-corrected chi connectivity index (χ2v) is 7.23. The van der Waals surface area contributed by atoms with Crippen molar-refractivity contribution >= 4 is 44.6 Å². The van der Waals surface area contributed by atoms with Gasteiger partial charge in [0.1, 0.15) is 11.3 Å². The Balaban J connectivity index is 3.03. The molecule has 0 unspecified atom stereocenters. The molecule has 0 aliphatic rings. The van der Waals surface area contributed by atoms with Gasteiger partial charge in [-0.25, -0.2) is 18.0 Å². The summed E-state index contributed by atoms with van der Waals surface area (Å²) in [5.74, 6) is -2.54. The Hall–Kier alpha value is -1.60.